The molecular formula is C16H21BrCl2N4O. The number of halogens is 3. The van der Waals surface area contributed by atoms with Crippen LogP contribution in [0.4, 0.5) is 11.5 Å². The summed E-state index contributed by atoms with van der Waals surface area (Å²) in [5.74, 6) is 0.492. The van der Waals surface area contributed by atoms with Crippen LogP contribution in [0.2, 0.25) is 0 Å². The van der Waals surface area contributed by atoms with Gasteiger partial charge in [-0.05, 0) is 30.7 Å². The third-order valence-electron chi connectivity index (χ3n) is 3.38. The fourth-order valence-corrected chi connectivity index (χ4v) is 2.19. The van der Waals surface area contributed by atoms with Crippen LogP contribution in [0.5, 0.6) is 0 Å². The highest BCUT2D eigenvalue weighted by atomic mass is 79.9. The van der Waals surface area contributed by atoms with E-state index in [1.54, 1.807) is 25.3 Å². The Hall–Kier alpha value is -1.34. The van der Waals surface area contributed by atoms with Crippen LogP contribution in [0.1, 0.15) is 12.5 Å². The summed E-state index contributed by atoms with van der Waals surface area (Å²) in [7, 11) is 3.78. The molecule has 1 aromatic carbocycles. The number of hydrogen-bond donors (Lipinski definition) is 2. The molecule has 0 spiro atoms. The van der Waals surface area contributed by atoms with Gasteiger partial charge < -0.3 is 16.0 Å². The van der Waals surface area contributed by atoms with E-state index in [0.717, 1.165) is 15.9 Å². The zero-order valence-corrected chi connectivity index (χ0v) is 16.8. The van der Waals surface area contributed by atoms with Gasteiger partial charge in [0.05, 0.1) is 0 Å². The SMILES string of the molecule is CN(C)c1cc(NC(=O)C(C)(N)c2ccc(Br)cc2)ccn1.Cl.Cl. The van der Waals surface area contributed by atoms with E-state index in [4.69, 9.17) is 5.73 Å². The molecule has 3 N–H and O–H groups in total. The first-order valence-electron chi connectivity index (χ1n) is 6.80. The minimum atomic E-state index is -1.12. The van der Waals surface area contributed by atoms with Crippen molar-refractivity contribution in [1.29, 1.82) is 0 Å². The minimum Gasteiger partial charge on any atom is -0.363 e. The van der Waals surface area contributed by atoms with Crippen molar-refractivity contribution in [1.82, 2.24) is 4.98 Å². The average molecular weight is 436 g/mol. The highest BCUT2D eigenvalue weighted by Crippen LogP contribution is 2.23. The second kappa shape index (κ2) is 9.22. The van der Waals surface area contributed by atoms with Crippen LogP contribution in [0.15, 0.2) is 47.1 Å². The molecule has 1 atom stereocenters. The summed E-state index contributed by atoms with van der Waals surface area (Å²) >= 11 is 3.37. The summed E-state index contributed by atoms with van der Waals surface area (Å²) in [4.78, 5) is 18.6. The number of amides is 1. The van der Waals surface area contributed by atoms with Crippen LogP contribution >= 0.6 is 40.7 Å². The monoisotopic (exact) mass is 434 g/mol. The highest BCUT2D eigenvalue weighted by Gasteiger charge is 2.30. The molecule has 0 saturated heterocycles. The second-order valence-electron chi connectivity index (χ2n) is 5.46. The Morgan fingerprint density at radius 3 is 2.33 bits per heavy atom. The summed E-state index contributed by atoms with van der Waals surface area (Å²) in [5.41, 5.74) is 6.51. The quantitative estimate of drug-likeness (QED) is 0.769. The van der Waals surface area contributed by atoms with Crippen molar-refractivity contribution in [3.8, 4) is 0 Å². The molecule has 0 radical (unpaired) electrons. The van der Waals surface area contributed by atoms with Crippen molar-refractivity contribution in [2.24, 2.45) is 5.73 Å². The van der Waals surface area contributed by atoms with Crippen LogP contribution in [0, 0.1) is 0 Å². The maximum atomic E-state index is 12.5. The molecule has 0 fully saturated rings. The standard InChI is InChI=1S/C16H19BrN4O.2ClH/c1-16(18,11-4-6-12(17)7-5-11)15(22)20-13-8-9-19-14(10-13)21(2)3;;/h4-10H,18H2,1-3H3,(H,19,20,22);2*1H. The van der Waals surface area contributed by atoms with Crippen molar-refractivity contribution in [3.63, 3.8) is 0 Å². The Morgan fingerprint density at radius 2 is 1.79 bits per heavy atom. The molecule has 2 aromatic rings. The zero-order chi connectivity index (χ0) is 16.3. The number of nitrogens with zero attached hydrogens (tertiary/aromatic N) is 2. The van der Waals surface area contributed by atoms with Gasteiger partial charge in [0.15, 0.2) is 0 Å². The van der Waals surface area contributed by atoms with Gasteiger partial charge >= 0.3 is 0 Å². The Kier molecular flexibility index (Phi) is 8.71. The van der Waals surface area contributed by atoms with Crippen LogP contribution in [-0.2, 0) is 10.3 Å². The second-order valence-corrected chi connectivity index (χ2v) is 6.38. The van der Waals surface area contributed by atoms with Crippen molar-refractivity contribution in [2.45, 2.75) is 12.5 Å². The lowest BCUT2D eigenvalue weighted by molar-refractivity contribution is -0.120. The van der Waals surface area contributed by atoms with E-state index in [0.29, 0.717) is 5.69 Å². The molecule has 1 aromatic heterocycles. The van der Waals surface area contributed by atoms with E-state index in [9.17, 15) is 4.79 Å². The molecule has 2 rings (SSSR count). The average Bonchev–Trinajstić information content (AvgIpc) is 2.48. The lowest BCUT2D eigenvalue weighted by atomic mass is 9.92. The molecule has 0 saturated carbocycles. The van der Waals surface area contributed by atoms with Crippen LogP contribution in [0.3, 0.4) is 0 Å². The molecule has 1 heterocycles. The van der Waals surface area contributed by atoms with Gasteiger partial charge in [0.1, 0.15) is 11.4 Å². The summed E-state index contributed by atoms with van der Waals surface area (Å²) in [6, 6.07) is 10.9. The molecular weight excluding hydrogens is 415 g/mol. The van der Waals surface area contributed by atoms with Gasteiger partial charge in [-0.15, -0.1) is 24.8 Å². The zero-order valence-electron chi connectivity index (χ0n) is 13.6. The molecule has 1 unspecified atom stereocenters. The van der Waals surface area contributed by atoms with Gasteiger partial charge in [0, 0.05) is 36.5 Å². The largest absolute Gasteiger partial charge is 0.363 e. The third-order valence-corrected chi connectivity index (χ3v) is 3.91. The first-order chi connectivity index (χ1) is 10.3. The van der Waals surface area contributed by atoms with Gasteiger partial charge in [-0.3, -0.25) is 4.79 Å². The minimum absolute atomic E-state index is 0. The van der Waals surface area contributed by atoms with E-state index in [2.05, 4.69) is 26.2 Å². The molecule has 0 bridgehead atoms. The molecule has 5 nitrogen and oxygen atoms in total. The highest BCUT2D eigenvalue weighted by molar-refractivity contribution is 9.10. The van der Waals surface area contributed by atoms with E-state index < -0.39 is 5.54 Å². The summed E-state index contributed by atoms with van der Waals surface area (Å²) in [5, 5.41) is 2.85. The molecule has 132 valence electrons. The Morgan fingerprint density at radius 1 is 1.21 bits per heavy atom. The number of carbonyl (C=O) groups is 1. The molecule has 24 heavy (non-hydrogen) atoms. The molecule has 1 amide bonds. The fraction of sp³-hybridized carbons (Fsp3) is 0.250. The first-order valence-corrected chi connectivity index (χ1v) is 7.60. The van der Waals surface area contributed by atoms with Crippen LogP contribution < -0.4 is 16.0 Å². The van der Waals surface area contributed by atoms with Gasteiger partial charge in [-0.2, -0.15) is 0 Å². The number of hydrogen-bond acceptors (Lipinski definition) is 4. The maximum absolute atomic E-state index is 12.5. The molecule has 0 aliphatic heterocycles. The number of benzene rings is 1. The summed E-state index contributed by atoms with van der Waals surface area (Å²) < 4.78 is 0.942. The Bertz CT molecular complexity index is 678. The lowest BCUT2D eigenvalue weighted by Gasteiger charge is -2.24. The molecule has 8 heteroatoms. The van der Waals surface area contributed by atoms with Crippen LogP contribution in [-0.4, -0.2) is 25.0 Å². The number of nitrogens with two attached hydrogens (primary N) is 1. The van der Waals surface area contributed by atoms with E-state index in [1.165, 1.54) is 0 Å². The van der Waals surface area contributed by atoms with E-state index >= 15 is 0 Å². The number of nitrogens with one attached hydrogen (secondary N) is 1. The van der Waals surface area contributed by atoms with Crippen molar-refractivity contribution in [3.05, 3.63) is 52.6 Å². The van der Waals surface area contributed by atoms with Gasteiger partial charge in [0.25, 0.3) is 0 Å². The van der Waals surface area contributed by atoms with E-state index in [1.807, 2.05) is 43.3 Å². The predicted molar refractivity (Wildman–Crippen MR) is 107 cm³/mol. The normalized spacial score (nSPS) is 12.2. The predicted octanol–water partition coefficient (Wildman–Crippen LogP) is 3.57. The van der Waals surface area contributed by atoms with Crippen molar-refractivity contribution >= 4 is 58.2 Å². The number of anilines is 2. The summed E-state index contributed by atoms with van der Waals surface area (Å²) in [6.07, 6.45) is 1.65. The number of rotatable bonds is 4. The molecule has 0 aliphatic rings. The van der Waals surface area contributed by atoms with Crippen LogP contribution in [0.25, 0.3) is 0 Å². The van der Waals surface area contributed by atoms with Gasteiger partial charge in [-0.25, -0.2) is 4.98 Å². The number of pyridine rings is 1. The number of aromatic nitrogens is 1. The third kappa shape index (κ3) is 5.34. The molecule has 0 aliphatic carbocycles. The fourth-order valence-electron chi connectivity index (χ4n) is 1.93. The summed E-state index contributed by atoms with van der Waals surface area (Å²) in [6.45, 7) is 1.69. The Labute approximate surface area is 163 Å². The topological polar surface area (TPSA) is 71.2 Å². The smallest absolute Gasteiger partial charge is 0.248 e. The lowest BCUT2D eigenvalue weighted by Crippen LogP contribution is -2.45. The van der Waals surface area contributed by atoms with Crippen molar-refractivity contribution < 1.29 is 4.79 Å². The van der Waals surface area contributed by atoms with Crippen molar-refractivity contribution in [2.75, 3.05) is 24.3 Å². The van der Waals surface area contributed by atoms with Gasteiger partial charge in [0.2, 0.25) is 5.91 Å². The maximum Gasteiger partial charge on any atom is 0.248 e. The Balaban J connectivity index is 0.00000264. The first kappa shape index (κ1) is 22.7. The van der Waals surface area contributed by atoms with E-state index in [-0.39, 0.29) is 30.7 Å². The van der Waals surface area contributed by atoms with Gasteiger partial charge in [-0.1, -0.05) is 28.1 Å². The number of carbonyl (C=O) groups excluding carboxylic acids is 1.